The van der Waals surface area contributed by atoms with Crippen LogP contribution in [0.15, 0.2) is 0 Å². The van der Waals surface area contributed by atoms with E-state index in [-0.39, 0.29) is 17.5 Å². The molecule has 0 saturated carbocycles. The van der Waals surface area contributed by atoms with Gasteiger partial charge in [-0.2, -0.15) is 0 Å². The lowest BCUT2D eigenvalue weighted by Crippen LogP contribution is -2.51. The number of carbonyl (C=O) groups excluding carboxylic acids is 1. The molecule has 0 radical (unpaired) electrons. The first kappa shape index (κ1) is 29.4. The fourth-order valence-electron chi connectivity index (χ4n) is 5.03. The SMILES string of the molecule is CCCCCCCCCCCCCCCC(CC)C(CC)(CC)C(=O)NC(N)CC. The molecule has 180 valence electrons. The van der Waals surface area contributed by atoms with Crippen molar-refractivity contribution >= 4 is 5.91 Å². The van der Waals surface area contributed by atoms with Crippen molar-refractivity contribution in [3.8, 4) is 0 Å². The van der Waals surface area contributed by atoms with Crippen molar-refractivity contribution in [2.24, 2.45) is 17.1 Å². The molecule has 3 N–H and O–H groups in total. The average molecular weight is 425 g/mol. The lowest BCUT2D eigenvalue weighted by Gasteiger charge is -2.39. The summed E-state index contributed by atoms with van der Waals surface area (Å²) in [6.45, 7) is 10.9. The Morgan fingerprint density at radius 2 is 1.13 bits per heavy atom. The van der Waals surface area contributed by atoms with E-state index in [1.807, 2.05) is 6.92 Å². The number of hydrogen-bond acceptors (Lipinski definition) is 2. The van der Waals surface area contributed by atoms with Gasteiger partial charge in [-0.15, -0.1) is 0 Å². The second-order valence-electron chi connectivity index (χ2n) is 9.49. The fraction of sp³-hybridized carbons (Fsp3) is 0.963. The van der Waals surface area contributed by atoms with E-state index in [2.05, 4.69) is 33.0 Å². The molecule has 0 aromatic carbocycles. The van der Waals surface area contributed by atoms with Crippen molar-refractivity contribution in [2.45, 2.75) is 156 Å². The predicted molar refractivity (Wildman–Crippen MR) is 134 cm³/mol. The van der Waals surface area contributed by atoms with Crippen LogP contribution in [0.4, 0.5) is 0 Å². The Bertz CT molecular complexity index is 392. The van der Waals surface area contributed by atoms with Crippen LogP contribution in [0.2, 0.25) is 0 Å². The van der Waals surface area contributed by atoms with Gasteiger partial charge in [0.2, 0.25) is 5.91 Å². The molecule has 30 heavy (non-hydrogen) atoms. The number of carbonyl (C=O) groups is 1. The highest BCUT2D eigenvalue weighted by Gasteiger charge is 2.41. The molecule has 0 aliphatic heterocycles. The van der Waals surface area contributed by atoms with Gasteiger partial charge in [0.25, 0.3) is 0 Å². The minimum absolute atomic E-state index is 0.184. The summed E-state index contributed by atoms with van der Waals surface area (Å²) < 4.78 is 0. The monoisotopic (exact) mass is 424 g/mol. The van der Waals surface area contributed by atoms with Gasteiger partial charge >= 0.3 is 0 Å². The van der Waals surface area contributed by atoms with Crippen molar-refractivity contribution < 1.29 is 4.79 Å². The molecule has 0 aromatic rings. The highest BCUT2D eigenvalue weighted by Crippen LogP contribution is 2.41. The summed E-state index contributed by atoms with van der Waals surface area (Å²) in [5.74, 6) is 0.646. The number of nitrogens with two attached hydrogens (primary N) is 1. The quantitative estimate of drug-likeness (QED) is 0.144. The molecule has 2 atom stereocenters. The van der Waals surface area contributed by atoms with Gasteiger partial charge < -0.3 is 11.1 Å². The number of rotatable bonds is 21. The number of nitrogens with one attached hydrogen (secondary N) is 1. The lowest BCUT2D eigenvalue weighted by atomic mass is 9.67. The standard InChI is InChI=1S/C27H56N2O/c1-6-11-12-13-14-15-16-17-18-19-20-21-22-23-24(7-2)27(9-4,10-5)26(30)29-25(28)8-3/h24-25H,6-23,28H2,1-5H3,(H,29,30). The zero-order valence-corrected chi connectivity index (χ0v) is 21.4. The third-order valence-electron chi connectivity index (χ3n) is 7.40. The summed E-state index contributed by atoms with van der Waals surface area (Å²) in [6, 6.07) is 0. The van der Waals surface area contributed by atoms with Gasteiger partial charge in [0.15, 0.2) is 0 Å². The third-order valence-corrected chi connectivity index (χ3v) is 7.40. The van der Waals surface area contributed by atoms with E-state index < -0.39 is 0 Å². The van der Waals surface area contributed by atoms with Crippen LogP contribution in [-0.2, 0) is 4.79 Å². The van der Waals surface area contributed by atoms with E-state index in [4.69, 9.17) is 5.73 Å². The molecular weight excluding hydrogens is 368 g/mol. The molecular formula is C27H56N2O. The smallest absolute Gasteiger partial charge is 0.227 e. The van der Waals surface area contributed by atoms with Crippen molar-refractivity contribution in [2.75, 3.05) is 0 Å². The molecule has 0 aliphatic carbocycles. The minimum Gasteiger partial charge on any atom is -0.341 e. The van der Waals surface area contributed by atoms with E-state index in [0.717, 1.165) is 25.7 Å². The van der Waals surface area contributed by atoms with E-state index >= 15 is 0 Å². The lowest BCUT2D eigenvalue weighted by molar-refractivity contribution is -0.136. The molecule has 3 nitrogen and oxygen atoms in total. The van der Waals surface area contributed by atoms with E-state index in [1.54, 1.807) is 0 Å². The second-order valence-corrected chi connectivity index (χ2v) is 9.49. The van der Waals surface area contributed by atoms with E-state index in [1.165, 1.54) is 89.9 Å². The third kappa shape index (κ3) is 11.7. The van der Waals surface area contributed by atoms with Crippen molar-refractivity contribution in [3.63, 3.8) is 0 Å². The highest BCUT2D eigenvalue weighted by molar-refractivity contribution is 5.83. The van der Waals surface area contributed by atoms with E-state index in [9.17, 15) is 4.79 Å². The van der Waals surface area contributed by atoms with Gasteiger partial charge in [0, 0.05) is 0 Å². The normalized spacial score (nSPS) is 13.9. The van der Waals surface area contributed by atoms with Crippen LogP contribution in [0, 0.1) is 11.3 Å². The van der Waals surface area contributed by atoms with Crippen LogP contribution in [0.25, 0.3) is 0 Å². The average Bonchev–Trinajstić information content (AvgIpc) is 2.76. The molecule has 1 amide bonds. The molecule has 0 aromatic heterocycles. The molecule has 0 bridgehead atoms. The first-order chi connectivity index (χ1) is 14.5. The van der Waals surface area contributed by atoms with Crippen molar-refractivity contribution in [1.29, 1.82) is 0 Å². The fourth-order valence-corrected chi connectivity index (χ4v) is 5.03. The van der Waals surface area contributed by atoms with Crippen LogP contribution in [0.5, 0.6) is 0 Å². The number of hydrogen-bond donors (Lipinski definition) is 2. The molecule has 0 saturated heterocycles. The summed E-state index contributed by atoms with van der Waals surface area (Å²) in [4.78, 5) is 13.0. The maximum Gasteiger partial charge on any atom is 0.227 e. The number of amides is 1. The van der Waals surface area contributed by atoms with Gasteiger partial charge in [0.1, 0.15) is 0 Å². The van der Waals surface area contributed by atoms with Gasteiger partial charge in [-0.3, -0.25) is 4.79 Å². The summed E-state index contributed by atoms with van der Waals surface area (Å²) in [5, 5.41) is 3.08. The molecule has 0 fully saturated rings. The Morgan fingerprint density at radius 1 is 0.700 bits per heavy atom. The van der Waals surface area contributed by atoms with Crippen LogP contribution >= 0.6 is 0 Å². The van der Waals surface area contributed by atoms with E-state index in [0.29, 0.717) is 5.92 Å². The largest absolute Gasteiger partial charge is 0.341 e. The topological polar surface area (TPSA) is 55.1 Å². The van der Waals surface area contributed by atoms with Crippen molar-refractivity contribution in [3.05, 3.63) is 0 Å². The second kappa shape index (κ2) is 19.1. The molecule has 3 heteroatoms. The Morgan fingerprint density at radius 3 is 1.50 bits per heavy atom. The van der Waals surface area contributed by atoms with Crippen LogP contribution in [0.3, 0.4) is 0 Å². The van der Waals surface area contributed by atoms with Crippen LogP contribution < -0.4 is 11.1 Å². The van der Waals surface area contributed by atoms with Gasteiger partial charge in [0.05, 0.1) is 11.6 Å². The number of unbranched alkanes of at least 4 members (excludes halogenated alkanes) is 12. The summed E-state index contributed by atoms with van der Waals surface area (Å²) in [6.07, 6.45) is 22.7. The minimum atomic E-state index is -0.251. The Labute approximate surface area is 189 Å². The first-order valence-electron chi connectivity index (χ1n) is 13.6. The zero-order valence-electron chi connectivity index (χ0n) is 21.4. The van der Waals surface area contributed by atoms with Crippen molar-refractivity contribution in [1.82, 2.24) is 5.32 Å². The maximum atomic E-state index is 13.0. The van der Waals surface area contributed by atoms with Gasteiger partial charge in [-0.05, 0) is 31.6 Å². The molecule has 0 aliphatic rings. The van der Waals surface area contributed by atoms with Gasteiger partial charge in [-0.25, -0.2) is 0 Å². The van der Waals surface area contributed by atoms with Crippen LogP contribution in [0.1, 0.15) is 150 Å². The first-order valence-corrected chi connectivity index (χ1v) is 13.6. The van der Waals surface area contributed by atoms with Gasteiger partial charge in [-0.1, -0.05) is 125 Å². The summed E-state index contributed by atoms with van der Waals surface area (Å²) in [7, 11) is 0. The molecule has 0 spiro atoms. The Balaban J connectivity index is 4.08. The Kier molecular flexibility index (Phi) is 18.8. The predicted octanol–water partition coefficient (Wildman–Crippen LogP) is 8.11. The van der Waals surface area contributed by atoms with Crippen LogP contribution in [-0.4, -0.2) is 12.1 Å². The summed E-state index contributed by atoms with van der Waals surface area (Å²) in [5.41, 5.74) is 5.76. The molecule has 0 rings (SSSR count). The highest BCUT2D eigenvalue weighted by atomic mass is 16.2. The molecule has 2 unspecified atom stereocenters. The maximum absolute atomic E-state index is 13.0. The molecule has 0 heterocycles. The Hall–Kier alpha value is -0.570. The zero-order chi connectivity index (χ0) is 22.7. The summed E-state index contributed by atoms with van der Waals surface area (Å²) >= 11 is 0.